The molecule has 0 unspecified atom stereocenters. The largest absolute Gasteiger partial charge is 0.273 e. The van der Waals surface area contributed by atoms with Crippen LogP contribution in [0.5, 0.6) is 0 Å². The lowest BCUT2D eigenvalue weighted by Gasteiger charge is -2.28. The summed E-state index contributed by atoms with van der Waals surface area (Å²) in [6.07, 6.45) is 6.58. The van der Waals surface area contributed by atoms with Crippen LogP contribution in [0.15, 0.2) is 36.7 Å². The van der Waals surface area contributed by atoms with E-state index in [-0.39, 0.29) is 11.7 Å². The monoisotopic (exact) mass is 272 g/mol. The molecule has 0 radical (unpaired) electrons. The van der Waals surface area contributed by atoms with Gasteiger partial charge in [-0.25, -0.2) is 9.37 Å². The van der Waals surface area contributed by atoms with Crippen molar-refractivity contribution in [2.75, 3.05) is 0 Å². The molecule has 104 valence electrons. The van der Waals surface area contributed by atoms with E-state index in [1.54, 1.807) is 42.1 Å². The van der Waals surface area contributed by atoms with Crippen LogP contribution in [0.25, 0.3) is 0 Å². The second-order valence-corrected chi connectivity index (χ2v) is 5.42. The van der Waals surface area contributed by atoms with Gasteiger partial charge >= 0.3 is 0 Å². The van der Waals surface area contributed by atoms with Gasteiger partial charge in [0.2, 0.25) is 5.91 Å². The maximum Gasteiger partial charge on any atom is 0.242 e. The lowest BCUT2D eigenvalue weighted by molar-refractivity contribution is 0.0790. The fourth-order valence-corrected chi connectivity index (χ4v) is 3.25. The molecule has 0 N–H and O–H groups in total. The van der Waals surface area contributed by atoms with Gasteiger partial charge in [-0.3, -0.25) is 9.36 Å². The Bertz CT molecular complexity index is 641. The number of imidazole rings is 1. The Balaban J connectivity index is 2.12. The van der Waals surface area contributed by atoms with Crippen molar-refractivity contribution in [2.45, 2.75) is 38.0 Å². The molecule has 4 heteroatoms. The Hall–Kier alpha value is -1.97. The van der Waals surface area contributed by atoms with Gasteiger partial charge in [0.1, 0.15) is 11.6 Å². The number of nitrogens with zero attached hydrogens (tertiary/aromatic N) is 2. The fraction of sp³-hybridized carbons (Fsp3) is 0.375. The van der Waals surface area contributed by atoms with E-state index >= 15 is 0 Å². The highest BCUT2D eigenvalue weighted by atomic mass is 19.1. The summed E-state index contributed by atoms with van der Waals surface area (Å²) in [7, 11) is 0. The van der Waals surface area contributed by atoms with Crippen molar-refractivity contribution in [3.05, 3.63) is 53.9 Å². The summed E-state index contributed by atoms with van der Waals surface area (Å²) in [6.45, 7) is 1.79. The second kappa shape index (κ2) is 4.85. The summed E-state index contributed by atoms with van der Waals surface area (Å²) in [5.41, 5.74) is -0.216. The smallest absolute Gasteiger partial charge is 0.242 e. The predicted octanol–water partition coefficient (Wildman–Crippen LogP) is 3.48. The van der Waals surface area contributed by atoms with Gasteiger partial charge in [-0.15, -0.1) is 0 Å². The van der Waals surface area contributed by atoms with Crippen molar-refractivity contribution in [3.63, 3.8) is 0 Å². The highest BCUT2D eigenvalue weighted by Crippen LogP contribution is 2.43. The highest BCUT2D eigenvalue weighted by Gasteiger charge is 2.45. The van der Waals surface area contributed by atoms with Crippen LogP contribution in [0.4, 0.5) is 4.39 Å². The van der Waals surface area contributed by atoms with Gasteiger partial charge in [0.25, 0.3) is 0 Å². The Morgan fingerprint density at radius 2 is 2.00 bits per heavy atom. The first-order chi connectivity index (χ1) is 9.65. The van der Waals surface area contributed by atoms with Gasteiger partial charge in [-0.2, -0.15) is 0 Å². The average molecular weight is 272 g/mol. The molecule has 0 aliphatic heterocycles. The Labute approximate surface area is 117 Å². The SMILES string of the molecule is Cc1nccn1C(=O)C1(c2ccccc2F)CCCC1. The van der Waals surface area contributed by atoms with Crippen molar-refractivity contribution < 1.29 is 9.18 Å². The maximum absolute atomic E-state index is 14.2. The molecule has 0 bridgehead atoms. The molecule has 1 heterocycles. The van der Waals surface area contributed by atoms with Gasteiger partial charge < -0.3 is 0 Å². The number of halogens is 1. The van der Waals surface area contributed by atoms with Crippen molar-refractivity contribution in [1.82, 2.24) is 9.55 Å². The third kappa shape index (κ3) is 1.87. The molecule has 0 saturated heterocycles. The maximum atomic E-state index is 14.2. The van der Waals surface area contributed by atoms with Gasteiger partial charge in [0, 0.05) is 18.0 Å². The third-order valence-corrected chi connectivity index (χ3v) is 4.30. The fourth-order valence-electron chi connectivity index (χ4n) is 3.25. The Kier molecular flexibility index (Phi) is 3.16. The minimum Gasteiger partial charge on any atom is -0.273 e. The van der Waals surface area contributed by atoms with E-state index in [4.69, 9.17) is 0 Å². The molecule has 1 aromatic carbocycles. The second-order valence-electron chi connectivity index (χ2n) is 5.42. The normalized spacial score (nSPS) is 17.3. The zero-order valence-corrected chi connectivity index (χ0v) is 11.5. The molecule has 0 amide bonds. The molecule has 3 rings (SSSR count). The first-order valence-corrected chi connectivity index (χ1v) is 6.95. The van der Waals surface area contributed by atoms with E-state index < -0.39 is 5.41 Å². The molecule has 1 saturated carbocycles. The summed E-state index contributed by atoms with van der Waals surface area (Å²) in [5.74, 6) is 0.299. The molecule has 1 aliphatic rings. The zero-order chi connectivity index (χ0) is 14.2. The summed E-state index contributed by atoms with van der Waals surface area (Å²) < 4.78 is 15.8. The van der Waals surface area contributed by atoms with Crippen LogP contribution in [0.3, 0.4) is 0 Å². The third-order valence-electron chi connectivity index (χ3n) is 4.30. The zero-order valence-electron chi connectivity index (χ0n) is 11.5. The van der Waals surface area contributed by atoms with E-state index in [0.29, 0.717) is 24.2 Å². The van der Waals surface area contributed by atoms with Crippen LogP contribution >= 0.6 is 0 Å². The molecule has 1 fully saturated rings. The summed E-state index contributed by atoms with van der Waals surface area (Å²) in [6, 6.07) is 6.63. The molecule has 20 heavy (non-hydrogen) atoms. The van der Waals surface area contributed by atoms with E-state index in [9.17, 15) is 9.18 Å². The number of benzene rings is 1. The van der Waals surface area contributed by atoms with Crippen molar-refractivity contribution >= 4 is 5.91 Å². The summed E-state index contributed by atoms with van der Waals surface area (Å²) in [5, 5.41) is 0. The molecule has 2 aromatic rings. The molecule has 1 aromatic heterocycles. The summed E-state index contributed by atoms with van der Waals surface area (Å²) in [4.78, 5) is 17.1. The topological polar surface area (TPSA) is 34.9 Å². The quantitative estimate of drug-likeness (QED) is 0.839. The van der Waals surface area contributed by atoms with Crippen molar-refractivity contribution in [1.29, 1.82) is 0 Å². The standard InChI is InChI=1S/C16H17FN2O/c1-12-18-10-11-19(12)15(20)16(8-4-5-9-16)13-6-2-3-7-14(13)17/h2-3,6-7,10-11H,4-5,8-9H2,1H3. The van der Waals surface area contributed by atoms with Crippen LogP contribution in [0.1, 0.15) is 41.9 Å². The lowest BCUT2D eigenvalue weighted by Crippen LogP contribution is -2.38. The molecular formula is C16H17FN2O. The average Bonchev–Trinajstić information content (AvgIpc) is 3.08. The molecule has 0 spiro atoms. The van der Waals surface area contributed by atoms with E-state index in [0.717, 1.165) is 12.8 Å². The van der Waals surface area contributed by atoms with Crippen LogP contribution in [-0.2, 0) is 5.41 Å². The number of aromatic nitrogens is 2. The molecule has 3 nitrogen and oxygen atoms in total. The number of carbonyl (C=O) groups is 1. The Morgan fingerprint density at radius 1 is 1.30 bits per heavy atom. The van der Waals surface area contributed by atoms with Gasteiger partial charge in [-0.05, 0) is 25.8 Å². The number of rotatable bonds is 2. The minimum atomic E-state index is -0.739. The van der Waals surface area contributed by atoms with E-state index in [2.05, 4.69) is 4.98 Å². The van der Waals surface area contributed by atoms with Crippen molar-refractivity contribution in [2.24, 2.45) is 0 Å². The minimum absolute atomic E-state index is 0.0601. The molecular weight excluding hydrogens is 255 g/mol. The number of carbonyl (C=O) groups excluding carboxylic acids is 1. The van der Waals surface area contributed by atoms with Gasteiger partial charge in [0.05, 0.1) is 5.41 Å². The van der Waals surface area contributed by atoms with E-state index in [1.165, 1.54) is 6.07 Å². The molecule has 0 atom stereocenters. The van der Waals surface area contributed by atoms with E-state index in [1.807, 2.05) is 0 Å². The summed E-state index contributed by atoms with van der Waals surface area (Å²) >= 11 is 0. The highest BCUT2D eigenvalue weighted by molar-refractivity contribution is 5.91. The number of hydrogen-bond donors (Lipinski definition) is 0. The number of hydrogen-bond acceptors (Lipinski definition) is 2. The van der Waals surface area contributed by atoms with Crippen LogP contribution in [0.2, 0.25) is 0 Å². The first-order valence-electron chi connectivity index (χ1n) is 6.95. The van der Waals surface area contributed by atoms with Gasteiger partial charge in [-0.1, -0.05) is 31.0 Å². The first kappa shape index (κ1) is 13.0. The Morgan fingerprint density at radius 3 is 2.60 bits per heavy atom. The number of aryl methyl sites for hydroxylation is 1. The van der Waals surface area contributed by atoms with Crippen molar-refractivity contribution in [3.8, 4) is 0 Å². The van der Waals surface area contributed by atoms with Crippen LogP contribution < -0.4 is 0 Å². The van der Waals surface area contributed by atoms with Gasteiger partial charge in [0.15, 0.2) is 0 Å². The lowest BCUT2D eigenvalue weighted by atomic mass is 9.77. The predicted molar refractivity (Wildman–Crippen MR) is 74.1 cm³/mol. The van der Waals surface area contributed by atoms with Crippen LogP contribution in [0, 0.1) is 12.7 Å². The molecule has 1 aliphatic carbocycles. The van der Waals surface area contributed by atoms with Crippen LogP contribution in [-0.4, -0.2) is 15.5 Å².